The second-order valence-electron chi connectivity index (χ2n) is 4.74. The number of rotatable bonds is 4. The SMILES string of the molecule is N#Cc1nc2ccc(OCc3ccc(OC(F)(F)F)cc3)cc2s1. The fraction of sp³-hybridized carbons (Fsp3) is 0.125. The first-order chi connectivity index (χ1) is 11.4. The number of benzene rings is 2. The summed E-state index contributed by atoms with van der Waals surface area (Å²) in [6, 6.07) is 12.7. The maximum atomic E-state index is 12.1. The fourth-order valence-electron chi connectivity index (χ4n) is 2.00. The highest BCUT2D eigenvalue weighted by Gasteiger charge is 2.30. The van der Waals surface area contributed by atoms with Crippen LogP contribution in [0.2, 0.25) is 0 Å². The lowest BCUT2D eigenvalue weighted by Crippen LogP contribution is -2.17. The van der Waals surface area contributed by atoms with E-state index in [0.717, 1.165) is 10.2 Å². The number of nitriles is 1. The smallest absolute Gasteiger partial charge is 0.489 e. The lowest BCUT2D eigenvalue weighted by atomic mass is 10.2. The summed E-state index contributed by atoms with van der Waals surface area (Å²) in [5, 5.41) is 9.22. The molecule has 2 aromatic carbocycles. The van der Waals surface area contributed by atoms with Crippen molar-refractivity contribution in [1.82, 2.24) is 4.98 Å². The average molecular weight is 350 g/mol. The van der Waals surface area contributed by atoms with Crippen molar-refractivity contribution in [3.05, 3.63) is 53.0 Å². The minimum absolute atomic E-state index is 0.196. The molecule has 0 spiro atoms. The Balaban J connectivity index is 1.66. The molecule has 1 aromatic heterocycles. The van der Waals surface area contributed by atoms with E-state index >= 15 is 0 Å². The molecule has 0 saturated carbocycles. The summed E-state index contributed by atoms with van der Waals surface area (Å²) < 4.78 is 46.5. The Labute approximate surface area is 138 Å². The van der Waals surface area contributed by atoms with Gasteiger partial charge in [0.15, 0.2) is 5.01 Å². The van der Waals surface area contributed by atoms with Crippen molar-refractivity contribution in [2.75, 3.05) is 0 Å². The number of ether oxygens (including phenoxy) is 2. The van der Waals surface area contributed by atoms with Gasteiger partial charge in [0.25, 0.3) is 0 Å². The van der Waals surface area contributed by atoms with Crippen molar-refractivity contribution in [3.8, 4) is 17.6 Å². The molecule has 24 heavy (non-hydrogen) atoms. The lowest BCUT2D eigenvalue weighted by molar-refractivity contribution is -0.274. The van der Waals surface area contributed by atoms with Crippen molar-refractivity contribution in [2.24, 2.45) is 0 Å². The molecule has 0 aliphatic carbocycles. The Bertz CT molecular complexity index is 898. The topological polar surface area (TPSA) is 55.1 Å². The third-order valence-electron chi connectivity index (χ3n) is 3.02. The van der Waals surface area contributed by atoms with Gasteiger partial charge in [0.2, 0.25) is 0 Å². The zero-order valence-corrected chi connectivity index (χ0v) is 12.8. The zero-order chi connectivity index (χ0) is 17.2. The van der Waals surface area contributed by atoms with Gasteiger partial charge in [-0.3, -0.25) is 0 Å². The van der Waals surface area contributed by atoms with Gasteiger partial charge in [-0.25, -0.2) is 4.98 Å². The van der Waals surface area contributed by atoms with Gasteiger partial charge in [-0.1, -0.05) is 12.1 Å². The van der Waals surface area contributed by atoms with E-state index in [9.17, 15) is 13.2 Å². The van der Waals surface area contributed by atoms with Crippen LogP contribution in [0.25, 0.3) is 10.2 Å². The molecule has 0 aliphatic heterocycles. The van der Waals surface area contributed by atoms with Crippen LogP contribution in [0.1, 0.15) is 10.6 Å². The molecule has 3 aromatic rings. The van der Waals surface area contributed by atoms with Crippen LogP contribution in [0.3, 0.4) is 0 Å². The summed E-state index contributed by atoms with van der Waals surface area (Å²) in [7, 11) is 0. The maximum absolute atomic E-state index is 12.1. The molecule has 0 radical (unpaired) electrons. The average Bonchev–Trinajstić information content (AvgIpc) is 2.95. The summed E-state index contributed by atoms with van der Waals surface area (Å²) in [5.41, 5.74) is 1.42. The van der Waals surface area contributed by atoms with Crippen molar-refractivity contribution in [1.29, 1.82) is 5.26 Å². The first-order valence-electron chi connectivity index (χ1n) is 6.71. The summed E-state index contributed by atoms with van der Waals surface area (Å²) in [6.45, 7) is 0.196. The first kappa shape index (κ1) is 16.1. The minimum Gasteiger partial charge on any atom is -0.489 e. The van der Waals surface area contributed by atoms with Gasteiger partial charge in [-0.2, -0.15) is 5.26 Å². The molecule has 0 fully saturated rings. The molecule has 3 rings (SSSR count). The number of halogens is 3. The van der Waals surface area contributed by atoms with Crippen molar-refractivity contribution < 1.29 is 22.6 Å². The number of fused-ring (bicyclic) bond motifs is 1. The maximum Gasteiger partial charge on any atom is 0.573 e. The number of thiazole rings is 1. The van der Waals surface area contributed by atoms with Gasteiger partial charge in [-0.05, 0) is 35.9 Å². The molecule has 1 heterocycles. The van der Waals surface area contributed by atoms with Gasteiger partial charge in [0.05, 0.1) is 10.2 Å². The molecule has 0 aliphatic rings. The van der Waals surface area contributed by atoms with Crippen LogP contribution >= 0.6 is 11.3 Å². The quantitative estimate of drug-likeness (QED) is 0.687. The Hall–Kier alpha value is -2.79. The van der Waals surface area contributed by atoms with Crippen molar-refractivity contribution in [2.45, 2.75) is 13.0 Å². The van der Waals surface area contributed by atoms with Crippen LogP contribution in [0.5, 0.6) is 11.5 Å². The second-order valence-corrected chi connectivity index (χ2v) is 5.77. The zero-order valence-electron chi connectivity index (χ0n) is 12.0. The Kier molecular flexibility index (Phi) is 4.27. The molecule has 0 saturated heterocycles. The van der Waals surface area contributed by atoms with E-state index < -0.39 is 6.36 Å². The third-order valence-corrected chi connectivity index (χ3v) is 3.94. The summed E-state index contributed by atoms with van der Waals surface area (Å²) >= 11 is 1.27. The standard InChI is InChI=1S/C16H9F3N2O2S/c17-16(18,19)23-11-3-1-10(2-4-11)9-22-12-5-6-13-14(7-12)24-15(8-20)21-13/h1-7H,9H2. The van der Waals surface area contributed by atoms with Crippen LogP contribution < -0.4 is 9.47 Å². The highest BCUT2D eigenvalue weighted by Crippen LogP contribution is 2.27. The third kappa shape index (κ3) is 3.94. The molecule has 4 nitrogen and oxygen atoms in total. The fourth-order valence-corrected chi connectivity index (χ4v) is 2.79. The molecule has 8 heteroatoms. The first-order valence-corrected chi connectivity index (χ1v) is 7.53. The van der Waals surface area contributed by atoms with Gasteiger partial charge >= 0.3 is 6.36 Å². The molecule has 122 valence electrons. The monoisotopic (exact) mass is 350 g/mol. The van der Waals surface area contributed by atoms with Crippen LogP contribution in [0.4, 0.5) is 13.2 Å². The number of hydrogen-bond acceptors (Lipinski definition) is 5. The van der Waals surface area contributed by atoms with Crippen LogP contribution in [0, 0.1) is 11.3 Å². The summed E-state index contributed by atoms with van der Waals surface area (Å²) in [5.74, 6) is 0.313. The molecular weight excluding hydrogens is 341 g/mol. The molecule has 0 amide bonds. The molecule has 0 atom stereocenters. The number of alkyl halides is 3. The number of aromatic nitrogens is 1. The van der Waals surface area contributed by atoms with Gasteiger partial charge < -0.3 is 9.47 Å². The molecular formula is C16H9F3N2O2S. The van der Waals surface area contributed by atoms with E-state index in [2.05, 4.69) is 9.72 Å². The highest BCUT2D eigenvalue weighted by atomic mass is 32.1. The largest absolute Gasteiger partial charge is 0.573 e. The molecule has 0 N–H and O–H groups in total. The number of nitrogens with zero attached hydrogens (tertiary/aromatic N) is 2. The van der Waals surface area contributed by atoms with E-state index in [4.69, 9.17) is 10.00 Å². The van der Waals surface area contributed by atoms with Crippen LogP contribution in [-0.4, -0.2) is 11.3 Å². The van der Waals surface area contributed by atoms with Gasteiger partial charge in [0, 0.05) is 0 Å². The Morgan fingerprint density at radius 3 is 2.46 bits per heavy atom. The lowest BCUT2D eigenvalue weighted by Gasteiger charge is -2.10. The summed E-state index contributed by atoms with van der Waals surface area (Å²) in [4.78, 5) is 4.13. The van der Waals surface area contributed by atoms with E-state index in [1.165, 1.54) is 35.6 Å². The number of hydrogen-bond donors (Lipinski definition) is 0. The van der Waals surface area contributed by atoms with E-state index in [-0.39, 0.29) is 12.4 Å². The van der Waals surface area contributed by atoms with Crippen LogP contribution in [0.15, 0.2) is 42.5 Å². The van der Waals surface area contributed by atoms with Crippen LogP contribution in [-0.2, 0) is 6.61 Å². The van der Waals surface area contributed by atoms with E-state index in [1.807, 2.05) is 6.07 Å². The van der Waals surface area contributed by atoms with Gasteiger partial charge in [0.1, 0.15) is 24.2 Å². The minimum atomic E-state index is -4.70. The Morgan fingerprint density at radius 1 is 1.08 bits per heavy atom. The van der Waals surface area contributed by atoms with Crippen molar-refractivity contribution >= 4 is 21.6 Å². The predicted octanol–water partition coefficient (Wildman–Crippen LogP) is 4.65. The van der Waals surface area contributed by atoms with Gasteiger partial charge in [-0.15, -0.1) is 24.5 Å². The van der Waals surface area contributed by atoms with Crippen molar-refractivity contribution in [3.63, 3.8) is 0 Å². The summed E-state index contributed by atoms with van der Waals surface area (Å²) in [6.07, 6.45) is -4.70. The second kappa shape index (κ2) is 6.37. The predicted molar refractivity (Wildman–Crippen MR) is 81.8 cm³/mol. The van der Waals surface area contributed by atoms with E-state index in [0.29, 0.717) is 16.3 Å². The van der Waals surface area contributed by atoms with E-state index in [1.54, 1.807) is 18.2 Å². The Morgan fingerprint density at radius 2 is 1.79 bits per heavy atom. The normalized spacial score (nSPS) is 11.2. The molecule has 0 unspecified atom stereocenters. The highest BCUT2D eigenvalue weighted by molar-refractivity contribution is 7.19. The molecule has 0 bridgehead atoms.